The minimum absolute atomic E-state index is 0.0559. The van der Waals surface area contributed by atoms with Crippen LogP contribution in [0, 0.1) is 11.8 Å². The molecule has 0 radical (unpaired) electrons. The average molecular weight is 184 g/mol. The van der Waals surface area contributed by atoms with E-state index in [2.05, 4.69) is 0 Å². The van der Waals surface area contributed by atoms with Crippen LogP contribution in [0.4, 0.5) is 0 Å². The lowest BCUT2D eigenvalue weighted by atomic mass is 9.77. The molecular formula is C9H12O4. The van der Waals surface area contributed by atoms with Gasteiger partial charge in [0.1, 0.15) is 5.78 Å². The SMILES string of the molecule is CC(=O)C1C(C(=O)O)[C@H]2CC[C@@H]1O2. The molecule has 1 N–H and O–H groups in total. The zero-order valence-corrected chi connectivity index (χ0v) is 7.40. The van der Waals surface area contributed by atoms with Gasteiger partial charge in [-0.3, -0.25) is 9.59 Å². The minimum atomic E-state index is -0.896. The number of aliphatic carboxylic acids is 1. The first kappa shape index (κ1) is 8.69. The second-order valence-electron chi connectivity index (χ2n) is 3.79. The van der Waals surface area contributed by atoms with Crippen LogP contribution in [0.3, 0.4) is 0 Å². The van der Waals surface area contributed by atoms with Gasteiger partial charge >= 0.3 is 5.97 Å². The number of carbonyl (C=O) groups excluding carboxylic acids is 1. The number of fused-ring (bicyclic) bond motifs is 2. The second-order valence-corrected chi connectivity index (χ2v) is 3.79. The van der Waals surface area contributed by atoms with Gasteiger partial charge in [-0.2, -0.15) is 0 Å². The lowest BCUT2D eigenvalue weighted by Gasteiger charge is -2.21. The Morgan fingerprint density at radius 3 is 2.15 bits per heavy atom. The number of carboxylic acids is 1. The Kier molecular flexibility index (Phi) is 1.87. The van der Waals surface area contributed by atoms with Crippen molar-refractivity contribution in [2.45, 2.75) is 32.0 Å². The highest BCUT2D eigenvalue weighted by Gasteiger charge is 2.54. The van der Waals surface area contributed by atoms with Gasteiger partial charge in [0.2, 0.25) is 0 Å². The number of rotatable bonds is 2. The number of carboxylic acid groups (broad SMARTS) is 1. The fourth-order valence-electron chi connectivity index (χ4n) is 2.51. The maximum absolute atomic E-state index is 11.2. The fraction of sp³-hybridized carbons (Fsp3) is 0.778. The molecule has 2 aliphatic heterocycles. The Morgan fingerprint density at radius 1 is 1.23 bits per heavy atom. The average Bonchev–Trinajstić information content (AvgIpc) is 2.60. The largest absolute Gasteiger partial charge is 0.481 e. The van der Waals surface area contributed by atoms with Crippen molar-refractivity contribution in [3.05, 3.63) is 0 Å². The minimum Gasteiger partial charge on any atom is -0.481 e. The van der Waals surface area contributed by atoms with E-state index in [1.165, 1.54) is 6.92 Å². The summed E-state index contributed by atoms with van der Waals surface area (Å²) in [5.41, 5.74) is 0. The molecule has 0 aliphatic carbocycles. The van der Waals surface area contributed by atoms with Gasteiger partial charge in [0.15, 0.2) is 0 Å². The summed E-state index contributed by atoms with van der Waals surface area (Å²) in [4.78, 5) is 22.1. The standard InChI is InChI=1S/C9H12O4/c1-4(10)7-5-2-3-6(13-5)8(7)9(11)12/h5-8H,2-3H2,1H3,(H,11,12)/t5-,6+,7?,8?/m0/s1. The molecule has 4 atom stereocenters. The first-order valence-corrected chi connectivity index (χ1v) is 4.50. The number of carbonyl (C=O) groups is 2. The van der Waals surface area contributed by atoms with Crippen molar-refractivity contribution < 1.29 is 19.4 Å². The van der Waals surface area contributed by atoms with E-state index >= 15 is 0 Å². The molecule has 13 heavy (non-hydrogen) atoms. The summed E-state index contributed by atoms with van der Waals surface area (Å²) in [6, 6.07) is 0. The Bertz CT molecular complexity index is 234. The van der Waals surface area contributed by atoms with E-state index in [4.69, 9.17) is 9.84 Å². The predicted octanol–water partition coefficient (Wildman–Crippen LogP) is 0.454. The molecule has 0 aromatic heterocycles. The molecule has 2 bridgehead atoms. The molecule has 2 heterocycles. The van der Waals surface area contributed by atoms with Crippen molar-refractivity contribution in [2.24, 2.45) is 11.8 Å². The summed E-state index contributed by atoms with van der Waals surface area (Å²) in [7, 11) is 0. The molecule has 2 unspecified atom stereocenters. The normalized spacial score (nSPS) is 42.2. The summed E-state index contributed by atoms with van der Waals surface area (Å²) in [6.45, 7) is 1.45. The van der Waals surface area contributed by atoms with Crippen molar-refractivity contribution in [3.63, 3.8) is 0 Å². The zero-order chi connectivity index (χ0) is 9.59. The molecular weight excluding hydrogens is 172 g/mol. The van der Waals surface area contributed by atoms with Gasteiger partial charge in [-0.25, -0.2) is 0 Å². The topological polar surface area (TPSA) is 63.6 Å². The molecule has 2 aliphatic rings. The van der Waals surface area contributed by atoms with E-state index in [0.29, 0.717) is 0 Å². The van der Waals surface area contributed by atoms with Crippen LogP contribution in [0.15, 0.2) is 0 Å². The van der Waals surface area contributed by atoms with Gasteiger partial charge in [-0.05, 0) is 19.8 Å². The van der Waals surface area contributed by atoms with Crippen LogP contribution in [0.1, 0.15) is 19.8 Å². The second kappa shape index (κ2) is 2.80. The molecule has 2 fully saturated rings. The smallest absolute Gasteiger partial charge is 0.309 e. The van der Waals surface area contributed by atoms with Crippen LogP contribution in [0.5, 0.6) is 0 Å². The highest BCUT2D eigenvalue weighted by molar-refractivity contribution is 5.86. The lowest BCUT2D eigenvalue weighted by molar-refractivity contribution is -0.147. The van der Waals surface area contributed by atoms with Crippen molar-refractivity contribution in [1.29, 1.82) is 0 Å². The van der Waals surface area contributed by atoms with Gasteiger partial charge in [0.05, 0.1) is 24.0 Å². The molecule has 0 aromatic carbocycles. The zero-order valence-electron chi connectivity index (χ0n) is 7.40. The Hall–Kier alpha value is -0.900. The molecule has 0 amide bonds. The molecule has 2 rings (SSSR count). The monoisotopic (exact) mass is 184 g/mol. The van der Waals surface area contributed by atoms with Gasteiger partial charge in [-0.15, -0.1) is 0 Å². The van der Waals surface area contributed by atoms with E-state index in [1.54, 1.807) is 0 Å². The summed E-state index contributed by atoms with van der Waals surface area (Å²) in [5.74, 6) is -1.96. The highest BCUT2D eigenvalue weighted by atomic mass is 16.5. The number of hydrogen-bond acceptors (Lipinski definition) is 3. The van der Waals surface area contributed by atoms with Crippen molar-refractivity contribution in [2.75, 3.05) is 0 Å². The number of Topliss-reactive ketones (excluding diaryl/α,β-unsaturated/α-hetero) is 1. The van der Waals surface area contributed by atoms with E-state index in [0.717, 1.165) is 12.8 Å². The van der Waals surface area contributed by atoms with Gasteiger partial charge in [0.25, 0.3) is 0 Å². The molecule has 0 spiro atoms. The third-order valence-corrected chi connectivity index (χ3v) is 3.03. The molecule has 72 valence electrons. The van der Waals surface area contributed by atoms with E-state index < -0.39 is 17.8 Å². The highest BCUT2D eigenvalue weighted by Crippen LogP contribution is 2.43. The molecule has 2 saturated heterocycles. The third-order valence-electron chi connectivity index (χ3n) is 3.03. The molecule has 0 aromatic rings. The van der Waals surface area contributed by atoms with Crippen LogP contribution < -0.4 is 0 Å². The maximum Gasteiger partial charge on any atom is 0.309 e. The first-order valence-electron chi connectivity index (χ1n) is 4.50. The van der Waals surface area contributed by atoms with E-state index in [9.17, 15) is 9.59 Å². The van der Waals surface area contributed by atoms with Crippen LogP contribution in [-0.2, 0) is 14.3 Å². The van der Waals surface area contributed by atoms with Crippen LogP contribution in [-0.4, -0.2) is 29.1 Å². The Morgan fingerprint density at radius 2 is 1.77 bits per heavy atom. The van der Waals surface area contributed by atoms with Gasteiger partial charge < -0.3 is 9.84 Å². The van der Waals surface area contributed by atoms with Crippen molar-refractivity contribution >= 4 is 11.8 Å². The summed E-state index contributed by atoms with van der Waals surface area (Å²) >= 11 is 0. The van der Waals surface area contributed by atoms with Crippen LogP contribution in [0.2, 0.25) is 0 Å². The van der Waals surface area contributed by atoms with Gasteiger partial charge in [0, 0.05) is 0 Å². The Balaban J connectivity index is 2.24. The molecule has 4 nitrogen and oxygen atoms in total. The van der Waals surface area contributed by atoms with E-state index in [-0.39, 0.29) is 18.0 Å². The maximum atomic E-state index is 11.2. The molecule has 0 saturated carbocycles. The first-order chi connectivity index (χ1) is 6.11. The third kappa shape index (κ3) is 1.16. The van der Waals surface area contributed by atoms with Crippen LogP contribution >= 0.6 is 0 Å². The van der Waals surface area contributed by atoms with E-state index in [1.807, 2.05) is 0 Å². The molecule has 4 heteroatoms. The fourth-order valence-corrected chi connectivity index (χ4v) is 2.51. The number of hydrogen-bond donors (Lipinski definition) is 1. The summed E-state index contributed by atoms with van der Waals surface area (Å²) in [5, 5.41) is 8.92. The quantitative estimate of drug-likeness (QED) is 0.676. The van der Waals surface area contributed by atoms with Gasteiger partial charge in [-0.1, -0.05) is 0 Å². The number of ketones is 1. The summed E-state index contributed by atoms with van der Waals surface area (Å²) < 4.78 is 5.42. The Labute approximate surface area is 75.9 Å². The van der Waals surface area contributed by atoms with Crippen LogP contribution in [0.25, 0.3) is 0 Å². The lowest BCUT2D eigenvalue weighted by Crippen LogP contribution is -2.37. The number of ether oxygens (including phenoxy) is 1. The van der Waals surface area contributed by atoms with Crippen molar-refractivity contribution in [1.82, 2.24) is 0 Å². The predicted molar refractivity (Wildman–Crippen MR) is 43.2 cm³/mol. The van der Waals surface area contributed by atoms with Crippen molar-refractivity contribution in [3.8, 4) is 0 Å². The summed E-state index contributed by atoms with van der Waals surface area (Å²) in [6.07, 6.45) is 1.25.